The third-order valence-corrected chi connectivity index (χ3v) is 3.35. The molecule has 0 spiro atoms. The van der Waals surface area contributed by atoms with Gasteiger partial charge >= 0.3 is 0 Å². The van der Waals surface area contributed by atoms with E-state index in [1.54, 1.807) is 0 Å². The fourth-order valence-corrected chi connectivity index (χ4v) is 2.22. The summed E-state index contributed by atoms with van der Waals surface area (Å²) in [4.78, 5) is 4.13. The molecule has 0 aliphatic carbocycles. The van der Waals surface area contributed by atoms with Crippen molar-refractivity contribution in [3.8, 4) is 0 Å². The second-order valence-corrected chi connectivity index (χ2v) is 5.02. The molecule has 0 fully saturated rings. The first-order valence-corrected chi connectivity index (χ1v) is 7.43. The van der Waals surface area contributed by atoms with E-state index in [9.17, 15) is 0 Å². The SMILES string of the molecule is OCCCCCCCCCCCc1cccnc1. The van der Waals surface area contributed by atoms with Crippen LogP contribution < -0.4 is 0 Å². The summed E-state index contributed by atoms with van der Waals surface area (Å²) in [7, 11) is 0. The Morgan fingerprint density at radius 1 is 0.833 bits per heavy atom. The van der Waals surface area contributed by atoms with Gasteiger partial charge in [0.2, 0.25) is 0 Å². The van der Waals surface area contributed by atoms with E-state index in [0.717, 1.165) is 6.42 Å². The Balaban J connectivity index is 1.82. The van der Waals surface area contributed by atoms with E-state index in [0.29, 0.717) is 6.61 Å². The molecule has 2 heteroatoms. The second kappa shape index (κ2) is 11.2. The van der Waals surface area contributed by atoms with Gasteiger partial charge in [-0.15, -0.1) is 0 Å². The number of aliphatic hydroxyl groups is 1. The van der Waals surface area contributed by atoms with Crippen LogP contribution in [0.25, 0.3) is 0 Å². The van der Waals surface area contributed by atoms with Gasteiger partial charge in [-0.1, -0.05) is 51.0 Å². The molecule has 1 N–H and O–H groups in total. The summed E-state index contributed by atoms with van der Waals surface area (Å²) in [5.41, 5.74) is 1.36. The number of aryl methyl sites for hydroxylation is 1. The van der Waals surface area contributed by atoms with E-state index in [-0.39, 0.29) is 0 Å². The van der Waals surface area contributed by atoms with Crippen LogP contribution in [-0.2, 0) is 6.42 Å². The molecule has 0 amide bonds. The van der Waals surface area contributed by atoms with E-state index in [2.05, 4.69) is 11.1 Å². The number of hydrogen-bond acceptors (Lipinski definition) is 2. The van der Waals surface area contributed by atoms with Crippen LogP contribution in [0.15, 0.2) is 24.5 Å². The Bertz CT molecular complexity index is 274. The Morgan fingerprint density at radius 3 is 2.00 bits per heavy atom. The molecule has 0 saturated heterocycles. The zero-order valence-electron chi connectivity index (χ0n) is 11.5. The molecule has 2 nitrogen and oxygen atoms in total. The standard InChI is InChI=1S/C16H27NO/c18-14-9-7-5-3-1-2-4-6-8-11-16-12-10-13-17-15-16/h10,12-13,15,18H,1-9,11,14H2. The number of unbranched alkanes of at least 4 members (excludes halogenated alkanes) is 8. The van der Waals surface area contributed by atoms with Crippen LogP contribution in [0, 0.1) is 0 Å². The average Bonchev–Trinajstić information content (AvgIpc) is 2.42. The first kappa shape index (κ1) is 15.2. The average molecular weight is 249 g/mol. The van der Waals surface area contributed by atoms with Gasteiger partial charge in [0.05, 0.1) is 0 Å². The molecule has 102 valence electrons. The van der Waals surface area contributed by atoms with Crippen molar-refractivity contribution in [1.82, 2.24) is 4.98 Å². The van der Waals surface area contributed by atoms with E-state index < -0.39 is 0 Å². The molecular formula is C16H27NO. The van der Waals surface area contributed by atoms with Crippen LogP contribution in [0.5, 0.6) is 0 Å². The Labute approximate surface area is 111 Å². The Kier molecular flexibility index (Phi) is 9.45. The van der Waals surface area contributed by atoms with Crippen molar-refractivity contribution in [2.45, 2.75) is 64.2 Å². The van der Waals surface area contributed by atoms with E-state index in [4.69, 9.17) is 5.11 Å². The Morgan fingerprint density at radius 2 is 1.44 bits per heavy atom. The molecule has 0 saturated carbocycles. The highest BCUT2D eigenvalue weighted by atomic mass is 16.2. The maximum atomic E-state index is 8.66. The van der Waals surface area contributed by atoms with Crippen molar-refractivity contribution in [2.75, 3.05) is 6.61 Å². The molecule has 0 unspecified atom stereocenters. The normalized spacial score (nSPS) is 10.7. The molecular weight excluding hydrogens is 222 g/mol. The zero-order valence-corrected chi connectivity index (χ0v) is 11.5. The molecule has 0 bridgehead atoms. The molecule has 0 radical (unpaired) electrons. The van der Waals surface area contributed by atoms with Crippen molar-refractivity contribution in [3.05, 3.63) is 30.1 Å². The maximum absolute atomic E-state index is 8.66. The van der Waals surface area contributed by atoms with Gasteiger partial charge in [0, 0.05) is 19.0 Å². The van der Waals surface area contributed by atoms with Crippen LogP contribution in [0.2, 0.25) is 0 Å². The number of pyridine rings is 1. The lowest BCUT2D eigenvalue weighted by Crippen LogP contribution is -1.87. The third-order valence-electron chi connectivity index (χ3n) is 3.35. The first-order chi connectivity index (χ1) is 8.93. The molecule has 1 aromatic heterocycles. The van der Waals surface area contributed by atoms with Gasteiger partial charge in [-0.25, -0.2) is 0 Å². The predicted molar refractivity (Wildman–Crippen MR) is 76.6 cm³/mol. The van der Waals surface area contributed by atoms with Crippen LogP contribution in [0.3, 0.4) is 0 Å². The molecule has 0 aliphatic heterocycles. The quantitative estimate of drug-likeness (QED) is 0.598. The lowest BCUT2D eigenvalue weighted by molar-refractivity contribution is 0.282. The highest BCUT2D eigenvalue weighted by Gasteiger charge is 1.94. The van der Waals surface area contributed by atoms with Crippen molar-refractivity contribution < 1.29 is 5.11 Å². The summed E-state index contributed by atoms with van der Waals surface area (Å²) in [5.74, 6) is 0. The number of aliphatic hydroxyl groups excluding tert-OH is 1. The molecule has 1 rings (SSSR count). The molecule has 0 atom stereocenters. The van der Waals surface area contributed by atoms with Crippen LogP contribution in [-0.4, -0.2) is 16.7 Å². The van der Waals surface area contributed by atoms with Gasteiger partial charge < -0.3 is 5.11 Å². The summed E-state index contributed by atoms with van der Waals surface area (Å²) in [6, 6.07) is 4.18. The Hall–Kier alpha value is -0.890. The number of hydrogen-bond donors (Lipinski definition) is 1. The molecule has 1 heterocycles. The fraction of sp³-hybridized carbons (Fsp3) is 0.688. The molecule has 1 aromatic rings. The fourth-order valence-electron chi connectivity index (χ4n) is 2.22. The van der Waals surface area contributed by atoms with Gasteiger partial charge in [0.1, 0.15) is 0 Å². The van der Waals surface area contributed by atoms with Crippen LogP contribution >= 0.6 is 0 Å². The van der Waals surface area contributed by atoms with Crippen molar-refractivity contribution in [2.24, 2.45) is 0 Å². The minimum Gasteiger partial charge on any atom is -0.396 e. The lowest BCUT2D eigenvalue weighted by Gasteiger charge is -2.02. The van der Waals surface area contributed by atoms with Crippen molar-refractivity contribution in [3.63, 3.8) is 0 Å². The topological polar surface area (TPSA) is 33.1 Å². The molecule has 18 heavy (non-hydrogen) atoms. The van der Waals surface area contributed by atoms with Crippen LogP contribution in [0.1, 0.15) is 63.4 Å². The summed E-state index contributed by atoms with van der Waals surface area (Å²) >= 11 is 0. The summed E-state index contributed by atoms with van der Waals surface area (Å²) in [5, 5.41) is 8.66. The van der Waals surface area contributed by atoms with Crippen molar-refractivity contribution >= 4 is 0 Å². The molecule has 0 aromatic carbocycles. The number of aromatic nitrogens is 1. The van der Waals surface area contributed by atoms with Gasteiger partial charge in [0.15, 0.2) is 0 Å². The summed E-state index contributed by atoms with van der Waals surface area (Å²) < 4.78 is 0. The van der Waals surface area contributed by atoms with Gasteiger partial charge in [0.25, 0.3) is 0 Å². The largest absolute Gasteiger partial charge is 0.396 e. The third kappa shape index (κ3) is 8.24. The summed E-state index contributed by atoms with van der Waals surface area (Å²) in [6.07, 6.45) is 16.5. The predicted octanol–water partition coefficient (Wildman–Crippen LogP) is 4.13. The minimum atomic E-state index is 0.355. The molecule has 0 aliphatic rings. The van der Waals surface area contributed by atoms with E-state index in [1.165, 1.54) is 63.4 Å². The van der Waals surface area contributed by atoms with Gasteiger partial charge in [-0.3, -0.25) is 4.98 Å². The summed E-state index contributed by atoms with van der Waals surface area (Å²) in [6.45, 7) is 0.355. The van der Waals surface area contributed by atoms with E-state index >= 15 is 0 Å². The van der Waals surface area contributed by atoms with Crippen molar-refractivity contribution in [1.29, 1.82) is 0 Å². The highest BCUT2D eigenvalue weighted by molar-refractivity contribution is 5.08. The van der Waals surface area contributed by atoms with Crippen LogP contribution in [0.4, 0.5) is 0 Å². The van der Waals surface area contributed by atoms with Gasteiger partial charge in [-0.05, 0) is 30.9 Å². The first-order valence-electron chi connectivity index (χ1n) is 7.43. The monoisotopic (exact) mass is 249 g/mol. The minimum absolute atomic E-state index is 0.355. The number of rotatable bonds is 11. The lowest BCUT2D eigenvalue weighted by atomic mass is 10.0. The van der Waals surface area contributed by atoms with E-state index in [1.807, 2.05) is 18.5 Å². The smallest absolute Gasteiger partial charge is 0.0431 e. The maximum Gasteiger partial charge on any atom is 0.0431 e. The zero-order chi connectivity index (χ0) is 12.9. The second-order valence-electron chi connectivity index (χ2n) is 5.02. The highest BCUT2D eigenvalue weighted by Crippen LogP contribution is 2.11. The number of nitrogens with zero attached hydrogens (tertiary/aromatic N) is 1. The van der Waals surface area contributed by atoms with Gasteiger partial charge in [-0.2, -0.15) is 0 Å².